The molecule has 1 aromatic carbocycles. The van der Waals surface area contributed by atoms with Crippen LogP contribution in [0, 0.1) is 5.82 Å². The molecule has 5 nitrogen and oxygen atoms in total. The third-order valence-corrected chi connectivity index (χ3v) is 4.02. The second-order valence-electron chi connectivity index (χ2n) is 5.44. The summed E-state index contributed by atoms with van der Waals surface area (Å²) in [7, 11) is 0. The quantitative estimate of drug-likeness (QED) is 0.921. The lowest BCUT2D eigenvalue weighted by Crippen LogP contribution is -2.41. The molecule has 2 atom stereocenters. The number of nitrogens with zero attached hydrogens (tertiary/aromatic N) is 1. The maximum absolute atomic E-state index is 13.4. The standard InChI is InChI=1S/C15H16FNO4/c16-10-3-1-9-2-6-14(18)17(12(9)7-10)8-11-4-5-13(21-11)15(19)20/h1,3,7,11,13H,2,4-6,8H2,(H,19,20). The number of anilines is 1. The van der Waals surface area contributed by atoms with E-state index in [1.807, 2.05) is 0 Å². The summed E-state index contributed by atoms with van der Waals surface area (Å²) in [5.74, 6) is -1.44. The summed E-state index contributed by atoms with van der Waals surface area (Å²) in [6.07, 6.45) is 0.900. The lowest BCUT2D eigenvalue weighted by Gasteiger charge is -2.31. The fourth-order valence-electron chi connectivity index (χ4n) is 2.94. The number of benzene rings is 1. The summed E-state index contributed by atoms with van der Waals surface area (Å²) < 4.78 is 18.9. The number of amides is 1. The van der Waals surface area contributed by atoms with E-state index in [1.54, 1.807) is 6.07 Å². The van der Waals surface area contributed by atoms with Gasteiger partial charge in [-0.3, -0.25) is 4.79 Å². The van der Waals surface area contributed by atoms with Crippen molar-refractivity contribution in [2.45, 2.75) is 37.9 Å². The topological polar surface area (TPSA) is 66.8 Å². The predicted molar refractivity (Wildman–Crippen MR) is 72.6 cm³/mol. The molecule has 2 unspecified atom stereocenters. The molecular formula is C15H16FNO4. The van der Waals surface area contributed by atoms with Crippen LogP contribution in [0.4, 0.5) is 10.1 Å². The van der Waals surface area contributed by atoms with Crippen LogP contribution in [-0.2, 0) is 20.7 Å². The normalized spacial score (nSPS) is 25.0. The van der Waals surface area contributed by atoms with Gasteiger partial charge in [-0.05, 0) is 37.0 Å². The number of fused-ring (bicyclic) bond motifs is 1. The second-order valence-corrected chi connectivity index (χ2v) is 5.44. The van der Waals surface area contributed by atoms with E-state index in [1.165, 1.54) is 17.0 Å². The molecule has 3 rings (SSSR count). The van der Waals surface area contributed by atoms with Crippen molar-refractivity contribution in [3.63, 3.8) is 0 Å². The van der Waals surface area contributed by atoms with E-state index in [9.17, 15) is 14.0 Å². The minimum absolute atomic E-state index is 0.0736. The number of carboxylic acids is 1. The van der Waals surface area contributed by atoms with Crippen LogP contribution in [-0.4, -0.2) is 35.7 Å². The number of carbonyl (C=O) groups is 2. The number of aryl methyl sites for hydroxylation is 1. The van der Waals surface area contributed by atoms with Crippen molar-refractivity contribution in [3.05, 3.63) is 29.6 Å². The number of carbonyl (C=O) groups excluding carboxylic acids is 1. The zero-order valence-corrected chi connectivity index (χ0v) is 11.4. The summed E-state index contributed by atoms with van der Waals surface area (Å²) >= 11 is 0. The molecule has 2 aliphatic rings. The minimum atomic E-state index is -0.978. The monoisotopic (exact) mass is 293 g/mol. The Labute approximate surface area is 121 Å². The molecule has 1 aromatic rings. The SMILES string of the molecule is O=C(O)C1CCC(CN2C(=O)CCc3ccc(F)cc32)O1. The Morgan fingerprint density at radius 3 is 2.90 bits per heavy atom. The number of carboxylic acid groups (broad SMARTS) is 1. The van der Waals surface area contributed by atoms with E-state index in [0.29, 0.717) is 31.4 Å². The molecule has 2 heterocycles. The van der Waals surface area contributed by atoms with Gasteiger partial charge in [-0.25, -0.2) is 9.18 Å². The lowest BCUT2D eigenvalue weighted by molar-refractivity contribution is -0.149. The van der Waals surface area contributed by atoms with E-state index >= 15 is 0 Å². The van der Waals surface area contributed by atoms with Crippen molar-refractivity contribution in [1.29, 1.82) is 0 Å². The smallest absolute Gasteiger partial charge is 0.332 e. The molecule has 0 aliphatic carbocycles. The van der Waals surface area contributed by atoms with Gasteiger partial charge in [-0.1, -0.05) is 6.07 Å². The van der Waals surface area contributed by atoms with Crippen LogP contribution in [0.2, 0.25) is 0 Å². The zero-order chi connectivity index (χ0) is 15.0. The van der Waals surface area contributed by atoms with Gasteiger partial charge in [0.2, 0.25) is 5.91 Å². The Bertz CT molecular complexity index is 589. The molecule has 0 bridgehead atoms. The molecule has 1 N–H and O–H groups in total. The molecule has 6 heteroatoms. The van der Waals surface area contributed by atoms with E-state index in [-0.39, 0.29) is 24.4 Å². The van der Waals surface area contributed by atoms with Gasteiger partial charge in [0.25, 0.3) is 0 Å². The average Bonchev–Trinajstić information content (AvgIpc) is 2.91. The van der Waals surface area contributed by atoms with Crippen LogP contribution >= 0.6 is 0 Å². The highest BCUT2D eigenvalue weighted by molar-refractivity contribution is 5.96. The summed E-state index contributed by atoms with van der Waals surface area (Å²) in [6, 6.07) is 4.44. The number of rotatable bonds is 3. The summed E-state index contributed by atoms with van der Waals surface area (Å²) in [5.41, 5.74) is 1.51. The first kappa shape index (κ1) is 14.0. The number of hydrogen-bond acceptors (Lipinski definition) is 3. The van der Waals surface area contributed by atoms with Crippen LogP contribution in [0.1, 0.15) is 24.8 Å². The second kappa shape index (κ2) is 5.44. The largest absolute Gasteiger partial charge is 0.479 e. The third kappa shape index (κ3) is 2.76. The number of hydrogen-bond donors (Lipinski definition) is 1. The van der Waals surface area contributed by atoms with Crippen LogP contribution in [0.25, 0.3) is 0 Å². The van der Waals surface area contributed by atoms with Crippen LogP contribution in [0.15, 0.2) is 18.2 Å². The number of ether oxygens (including phenoxy) is 1. The molecule has 0 aromatic heterocycles. The Morgan fingerprint density at radius 1 is 1.38 bits per heavy atom. The Balaban J connectivity index is 1.78. The maximum atomic E-state index is 13.4. The molecule has 0 saturated carbocycles. The van der Waals surface area contributed by atoms with Crippen molar-refractivity contribution in [1.82, 2.24) is 0 Å². The first-order valence-corrected chi connectivity index (χ1v) is 7.01. The molecule has 21 heavy (non-hydrogen) atoms. The molecule has 0 spiro atoms. The number of halogens is 1. The van der Waals surface area contributed by atoms with Gasteiger partial charge in [0.1, 0.15) is 5.82 Å². The van der Waals surface area contributed by atoms with E-state index < -0.39 is 12.1 Å². The van der Waals surface area contributed by atoms with Crippen molar-refractivity contribution in [2.75, 3.05) is 11.4 Å². The molecule has 112 valence electrons. The fourth-order valence-corrected chi connectivity index (χ4v) is 2.94. The summed E-state index contributed by atoms with van der Waals surface area (Å²) in [5, 5.41) is 8.93. The summed E-state index contributed by atoms with van der Waals surface area (Å²) in [6.45, 7) is 0.277. The predicted octanol–water partition coefficient (Wildman–Crippen LogP) is 1.74. The van der Waals surface area contributed by atoms with Gasteiger partial charge >= 0.3 is 5.97 Å². The van der Waals surface area contributed by atoms with Crippen LogP contribution in [0.5, 0.6) is 0 Å². The van der Waals surface area contributed by atoms with Crippen molar-refractivity contribution in [2.24, 2.45) is 0 Å². The molecule has 2 aliphatic heterocycles. The fraction of sp³-hybridized carbons (Fsp3) is 0.467. The lowest BCUT2D eigenvalue weighted by atomic mass is 10.0. The molecule has 1 saturated heterocycles. The molecular weight excluding hydrogens is 277 g/mol. The van der Waals surface area contributed by atoms with Gasteiger partial charge in [0, 0.05) is 12.1 Å². The van der Waals surface area contributed by atoms with E-state index in [2.05, 4.69) is 0 Å². The van der Waals surface area contributed by atoms with E-state index in [4.69, 9.17) is 9.84 Å². The first-order chi connectivity index (χ1) is 10.0. The van der Waals surface area contributed by atoms with Crippen molar-refractivity contribution >= 4 is 17.6 Å². The highest BCUT2D eigenvalue weighted by Crippen LogP contribution is 2.30. The van der Waals surface area contributed by atoms with Gasteiger partial charge in [-0.2, -0.15) is 0 Å². The molecule has 0 radical (unpaired) electrons. The Hall–Kier alpha value is -1.95. The van der Waals surface area contributed by atoms with Gasteiger partial charge in [0.15, 0.2) is 6.10 Å². The van der Waals surface area contributed by atoms with Crippen molar-refractivity contribution in [3.8, 4) is 0 Å². The number of aliphatic carboxylic acids is 1. The average molecular weight is 293 g/mol. The Morgan fingerprint density at radius 2 is 2.19 bits per heavy atom. The van der Waals surface area contributed by atoms with Crippen molar-refractivity contribution < 1.29 is 23.8 Å². The third-order valence-electron chi connectivity index (χ3n) is 4.02. The van der Waals surface area contributed by atoms with E-state index in [0.717, 1.165) is 5.56 Å². The highest BCUT2D eigenvalue weighted by atomic mass is 19.1. The van der Waals surface area contributed by atoms with Gasteiger partial charge in [-0.15, -0.1) is 0 Å². The zero-order valence-electron chi connectivity index (χ0n) is 11.4. The van der Waals surface area contributed by atoms with Crippen LogP contribution < -0.4 is 4.90 Å². The minimum Gasteiger partial charge on any atom is -0.479 e. The van der Waals surface area contributed by atoms with Crippen LogP contribution in [0.3, 0.4) is 0 Å². The first-order valence-electron chi connectivity index (χ1n) is 7.01. The highest BCUT2D eigenvalue weighted by Gasteiger charge is 2.34. The molecule has 1 amide bonds. The van der Waals surface area contributed by atoms with Gasteiger partial charge < -0.3 is 14.7 Å². The molecule has 1 fully saturated rings. The Kier molecular flexibility index (Phi) is 3.63. The van der Waals surface area contributed by atoms with Gasteiger partial charge in [0.05, 0.1) is 12.6 Å². The summed E-state index contributed by atoms with van der Waals surface area (Å²) in [4.78, 5) is 24.5. The maximum Gasteiger partial charge on any atom is 0.332 e.